The van der Waals surface area contributed by atoms with E-state index in [1.54, 1.807) is 17.8 Å². The van der Waals surface area contributed by atoms with Crippen molar-refractivity contribution in [2.75, 3.05) is 5.75 Å². The molecule has 1 aromatic carbocycles. The van der Waals surface area contributed by atoms with Gasteiger partial charge in [0.15, 0.2) is 0 Å². The Morgan fingerprint density at radius 1 is 1.50 bits per heavy atom. The molecule has 0 fully saturated rings. The first-order chi connectivity index (χ1) is 7.46. The third-order valence-electron chi connectivity index (χ3n) is 2.32. The van der Waals surface area contributed by atoms with E-state index < -0.39 is 16.3 Å². The van der Waals surface area contributed by atoms with Gasteiger partial charge in [-0.05, 0) is 35.9 Å². The van der Waals surface area contributed by atoms with Gasteiger partial charge in [-0.2, -0.15) is 13.1 Å². The van der Waals surface area contributed by atoms with E-state index in [2.05, 4.69) is 4.72 Å². The van der Waals surface area contributed by atoms with Gasteiger partial charge < -0.3 is 0 Å². The fourth-order valence-corrected chi connectivity index (χ4v) is 3.43. The summed E-state index contributed by atoms with van der Waals surface area (Å²) in [6.07, 6.45) is 0.609. The van der Waals surface area contributed by atoms with Crippen LogP contribution in [0, 0.1) is 5.82 Å². The van der Waals surface area contributed by atoms with E-state index in [-0.39, 0.29) is 5.82 Å². The van der Waals surface area contributed by atoms with Crippen LogP contribution in [-0.4, -0.2) is 14.2 Å². The molecule has 0 radical (unpaired) electrons. The largest absolute Gasteiger partial charge is 0.274 e. The highest BCUT2D eigenvalue weighted by atomic mass is 32.2. The van der Waals surface area contributed by atoms with E-state index in [1.807, 2.05) is 0 Å². The average molecular weight is 262 g/mol. The second kappa shape index (κ2) is 4.33. The van der Waals surface area contributed by atoms with Crippen molar-refractivity contribution < 1.29 is 12.8 Å². The van der Waals surface area contributed by atoms with Crippen LogP contribution in [0.4, 0.5) is 4.39 Å². The summed E-state index contributed by atoms with van der Waals surface area (Å²) in [5.41, 5.74) is 0.658. The lowest BCUT2D eigenvalue weighted by atomic mass is 10.0. The van der Waals surface area contributed by atoms with Gasteiger partial charge in [0.1, 0.15) is 5.82 Å². The first-order valence-electron chi connectivity index (χ1n) is 4.68. The van der Waals surface area contributed by atoms with E-state index in [4.69, 9.17) is 5.14 Å². The van der Waals surface area contributed by atoms with Crippen LogP contribution in [0.2, 0.25) is 0 Å². The summed E-state index contributed by atoms with van der Waals surface area (Å²) in [6.45, 7) is 0. The average Bonchev–Trinajstić information content (AvgIpc) is 2.17. The van der Waals surface area contributed by atoms with Gasteiger partial charge in [-0.1, -0.05) is 0 Å². The number of fused-ring (bicyclic) bond motifs is 1. The van der Waals surface area contributed by atoms with Gasteiger partial charge in [0, 0.05) is 10.9 Å². The van der Waals surface area contributed by atoms with Gasteiger partial charge in [-0.25, -0.2) is 9.53 Å². The molecule has 1 atom stereocenters. The van der Waals surface area contributed by atoms with Crippen LogP contribution in [-0.2, 0) is 10.2 Å². The van der Waals surface area contributed by atoms with Crippen LogP contribution in [0.5, 0.6) is 0 Å². The first kappa shape index (κ1) is 11.8. The Labute approximate surface area is 97.6 Å². The molecule has 1 aliphatic rings. The summed E-state index contributed by atoms with van der Waals surface area (Å²) in [7, 11) is -3.76. The van der Waals surface area contributed by atoms with Crippen molar-refractivity contribution in [2.24, 2.45) is 5.14 Å². The minimum absolute atomic E-state index is 0.373. The highest BCUT2D eigenvalue weighted by Gasteiger charge is 2.23. The second-order valence-electron chi connectivity index (χ2n) is 3.53. The van der Waals surface area contributed by atoms with Gasteiger partial charge in [-0.3, -0.25) is 0 Å². The van der Waals surface area contributed by atoms with Gasteiger partial charge in [0.2, 0.25) is 0 Å². The van der Waals surface area contributed by atoms with Crippen molar-refractivity contribution in [1.29, 1.82) is 0 Å². The van der Waals surface area contributed by atoms with Crippen molar-refractivity contribution in [3.05, 3.63) is 29.6 Å². The lowest BCUT2D eigenvalue weighted by Gasteiger charge is -2.24. The fourth-order valence-electron chi connectivity index (χ4n) is 1.69. The molecule has 0 saturated carbocycles. The summed E-state index contributed by atoms with van der Waals surface area (Å²) in [5, 5.41) is 4.92. The van der Waals surface area contributed by atoms with E-state index in [0.717, 1.165) is 10.6 Å². The Kier molecular flexibility index (Phi) is 3.20. The number of nitrogens with one attached hydrogen (secondary N) is 1. The van der Waals surface area contributed by atoms with Crippen LogP contribution < -0.4 is 9.86 Å². The lowest BCUT2D eigenvalue weighted by Crippen LogP contribution is -2.35. The van der Waals surface area contributed by atoms with Crippen LogP contribution in [0.25, 0.3) is 0 Å². The zero-order valence-corrected chi connectivity index (χ0v) is 9.94. The van der Waals surface area contributed by atoms with Gasteiger partial charge in [0.25, 0.3) is 10.2 Å². The summed E-state index contributed by atoms with van der Waals surface area (Å²) in [4.78, 5) is 0.897. The molecule has 2 rings (SSSR count). The molecule has 0 bridgehead atoms. The van der Waals surface area contributed by atoms with Crippen molar-refractivity contribution in [3.8, 4) is 0 Å². The van der Waals surface area contributed by atoms with E-state index in [1.165, 1.54) is 12.1 Å². The number of halogens is 1. The molecule has 4 nitrogen and oxygen atoms in total. The maximum Gasteiger partial charge on any atom is 0.274 e. The van der Waals surface area contributed by atoms with E-state index >= 15 is 0 Å². The van der Waals surface area contributed by atoms with Crippen LogP contribution in [0.3, 0.4) is 0 Å². The molecular formula is C9H11FN2O2S2. The predicted molar refractivity (Wildman–Crippen MR) is 60.7 cm³/mol. The lowest BCUT2D eigenvalue weighted by molar-refractivity contribution is 0.543. The summed E-state index contributed by atoms with van der Waals surface area (Å²) in [5.74, 6) is 0.411. The van der Waals surface area contributed by atoms with Crippen LogP contribution >= 0.6 is 11.8 Å². The fraction of sp³-hybridized carbons (Fsp3) is 0.333. The molecule has 0 aromatic heterocycles. The minimum Gasteiger partial charge on any atom is -0.216 e. The zero-order chi connectivity index (χ0) is 11.8. The molecular weight excluding hydrogens is 251 g/mol. The van der Waals surface area contributed by atoms with Crippen LogP contribution in [0.1, 0.15) is 18.0 Å². The number of thioether (sulfide) groups is 1. The molecule has 0 spiro atoms. The topological polar surface area (TPSA) is 72.2 Å². The Hall–Kier alpha value is -0.630. The molecule has 3 N–H and O–H groups in total. The number of hydrogen-bond donors (Lipinski definition) is 2. The predicted octanol–water partition coefficient (Wildman–Crippen LogP) is 1.16. The second-order valence-corrected chi connectivity index (χ2v) is 6.00. The Balaban J connectivity index is 2.35. The Morgan fingerprint density at radius 2 is 2.25 bits per heavy atom. The molecule has 16 heavy (non-hydrogen) atoms. The third kappa shape index (κ3) is 2.73. The zero-order valence-electron chi connectivity index (χ0n) is 8.31. The number of benzene rings is 1. The maximum atomic E-state index is 13.1. The molecule has 0 aliphatic carbocycles. The molecule has 1 unspecified atom stereocenters. The first-order valence-corrected chi connectivity index (χ1v) is 7.21. The third-order valence-corrected chi connectivity index (χ3v) is 4.05. The molecule has 0 saturated heterocycles. The van der Waals surface area contributed by atoms with Crippen molar-refractivity contribution in [1.82, 2.24) is 4.72 Å². The summed E-state index contributed by atoms with van der Waals surface area (Å²) >= 11 is 1.58. The van der Waals surface area contributed by atoms with Crippen molar-refractivity contribution >= 4 is 22.0 Å². The molecule has 1 heterocycles. The van der Waals surface area contributed by atoms with E-state index in [9.17, 15) is 12.8 Å². The number of hydrogen-bond acceptors (Lipinski definition) is 3. The van der Waals surface area contributed by atoms with Gasteiger partial charge >= 0.3 is 0 Å². The highest BCUT2D eigenvalue weighted by molar-refractivity contribution is 7.99. The van der Waals surface area contributed by atoms with Crippen LogP contribution in [0.15, 0.2) is 23.1 Å². The molecule has 88 valence electrons. The number of nitrogens with two attached hydrogens (primary N) is 1. The molecule has 1 aliphatic heterocycles. The minimum atomic E-state index is -3.76. The van der Waals surface area contributed by atoms with Gasteiger partial charge in [-0.15, -0.1) is 11.8 Å². The van der Waals surface area contributed by atoms with E-state index in [0.29, 0.717) is 12.0 Å². The monoisotopic (exact) mass is 262 g/mol. The summed E-state index contributed by atoms with van der Waals surface area (Å²) < 4.78 is 37.3. The molecule has 0 amide bonds. The molecule has 1 aromatic rings. The Bertz CT molecular complexity index is 504. The smallest absolute Gasteiger partial charge is 0.216 e. The van der Waals surface area contributed by atoms with Gasteiger partial charge in [0.05, 0.1) is 0 Å². The maximum absolute atomic E-state index is 13.1. The van der Waals surface area contributed by atoms with Crippen molar-refractivity contribution in [2.45, 2.75) is 17.4 Å². The Morgan fingerprint density at radius 3 is 2.94 bits per heavy atom. The highest BCUT2D eigenvalue weighted by Crippen LogP contribution is 2.36. The normalized spacial score (nSPS) is 20.5. The summed E-state index contributed by atoms with van der Waals surface area (Å²) in [6, 6.07) is 3.95. The number of rotatable bonds is 2. The van der Waals surface area contributed by atoms with Crippen molar-refractivity contribution in [3.63, 3.8) is 0 Å². The standard InChI is InChI=1S/C9H11FN2O2S2/c10-6-1-2-9-7(5-6)8(3-4-15-9)12-16(11,13)14/h1-2,5,8,12H,3-4H2,(H2,11,13,14). The quantitative estimate of drug-likeness (QED) is 0.840. The molecule has 7 heteroatoms. The SMILES string of the molecule is NS(=O)(=O)NC1CCSc2ccc(F)cc21.